The highest BCUT2D eigenvalue weighted by molar-refractivity contribution is 6.04. The predicted octanol–water partition coefficient (Wildman–Crippen LogP) is 2.54. The van der Waals surface area contributed by atoms with E-state index in [1.165, 1.54) is 6.92 Å². The molecule has 33 heavy (non-hydrogen) atoms. The zero-order chi connectivity index (χ0) is 23.2. The molecular weight excluding hydrogens is 422 g/mol. The average Bonchev–Trinajstić information content (AvgIpc) is 3.54. The Hall–Kier alpha value is -2.90. The van der Waals surface area contributed by atoms with E-state index in [2.05, 4.69) is 16.0 Å². The van der Waals surface area contributed by atoms with Gasteiger partial charge in [-0.3, -0.25) is 19.2 Å². The van der Waals surface area contributed by atoms with Crippen LogP contribution in [0.25, 0.3) is 0 Å². The molecule has 4 atom stereocenters. The van der Waals surface area contributed by atoms with Gasteiger partial charge in [-0.25, -0.2) is 0 Å². The first-order valence-corrected chi connectivity index (χ1v) is 11.9. The van der Waals surface area contributed by atoms with Crippen molar-refractivity contribution in [2.45, 2.75) is 69.9 Å². The summed E-state index contributed by atoms with van der Waals surface area (Å²) in [5.41, 5.74) is -0.168. The van der Waals surface area contributed by atoms with E-state index in [0.717, 1.165) is 44.9 Å². The Morgan fingerprint density at radius 3 is 2.39 bits per heavy atom. The fourth-order valence-corrected chi connectivity index (χ4v) is 6.77. The highest BCUT2D eigenvalue weighted by atomic mass is 16.5. The van der Waals surface area contributed by atoms with E-state index in [-0.39, 0.29) is 29.4 Å². The highest BCUT2D eigenvalue weighted by Crippen LogP contribution is 2.62. The number of hydrogen-bond donors (Lipinski definition) is 3. The summed E-state index contributed by atoms with van der Waals surface area (Å²) < 4.78 is 5.52. The molecule has 8 nitrogen and oxygen atoms in total. The second kappa shape index (κ2) is 8.15. The molecular formula is C25H31N3O5. The summed E-state index contributed by atoms with van der Waals surface area (Å²) >= 11 is 0. The van der Waals surface area contributed by atoms with Gasteiger partial charge in [0.2, 0.25) is 5.91 Å². The first-order chi connectivity index (χ1) is 15.8. The number of carbonyl (C=O) groups is 4. The minimum atomic E-state index is -0.630. The molecule has 5 aliphatic rings. The maximum atomic E-state index is 13.2. The van der Waals surface area contributed by atoms with Crippen molar-refractivity contribution in [2.75, 3.05) is 11.9 Å². The largest absolute Gasteiger partial charge is 0.455 e. The Morgan fingerprint density at radius 2 is 1.73 bits per heavy atom. The summed E-state index contributed by atoms with van der Waals surface area (Å²) in [6, 6.07) is 7.03. The first kappa shape index (κ1) is 21.9. The van der Waals surface area contributed by atoms with Gasteiger partial charge in [-0.1, -0.05) is 12.1 Å². The summed E-state index contributed by atoms with van der Waals surface area (Å²) in [5.74, 6) is -0.309. The number of ether oxygens (including phenoxy) is 1. The standard InChI is InChI=1S/C25H31N3O5/c1-15(29)28-25-11-16-8-17(12-25)10-24(9-16,14-25)23(32)33-13-21(30)27-20-5-3-2-4-19(20)22(31)26-18-6-7-18/h2-5,16-18H,6-14H2,1H3,(H,26,31)(H,27,30)(H,28,29)/t16-,17+,24?,25?. The molecule has 5 saturated carbocycles. The summed E-state index contributed by atoms with van der Waals surface area (Å²) in [5, 5.41) is 8.77. The van der Waals surface area contributed by atoms with E-state index in [9.17, 15) is 19.2 Å². The first-order valence-electron chi connectivity index (χ1n) is 11.9. The number of rotatable bonds is 7. The van der Waals surface area contributed by atoms with Crippen LogP contribution in [0, 0.1) is 17.3 Å². The zero-order valence-electron chi connectivity index (χ0n) is 18.9. The summed E-state index contributed by atoms with van der Waals surface area (Å²) in [6.45, 7) is 1.12. The molecule has 3 amide bonds. The molecule has 2 unspecified atom stereocenters. The van der Waals surface area contributed by atoms with Crippen LogP contribution >= 0.6 is 0 Å². The van der Waals surface area contributed by atoms with Crippen LogP contribution in [-0.2, 0) is 19.1 Å². The molecule has 0 heterocycles. The van der Waals surface area contributed by atoms with Crippen LogP contribution in [0.4, 0.5) is 5.69 Å². The fourth-order valence-electron chi connectivity index (χ4n) is 6.77. The lowest BCUT2D eigenvalue weighted by molar-refractivity contribution is -0.176. The highest BCUT2D eigenvalue weighted by Gasteiger charge is 2.61. The van der Waals surface area contributed by atoms with Crippen LogP contribution in [0.15, 0.2) is 24.3 Å². The maximum Gasteiger partial charge on any atom is 0.312 e. The van der Waals surface area contributed by atoms with Gasteiger partial charge in [0.05, 0.1) is 16.7 Å². The van der Waals surface area contributed by atoms with Gasteiger partial charge >= 0.3 is 5.97 Å². The molecule has 0 radical (unpaired) electrons. The molecule has 3 N–H and O–H groups in total. The van der Waals surface area contributed by atoms with Gasteiger partial charge in [-0.05, 0) is 75.3 Å². The van der Waals surface area contributed by atoms with Gasteiger partial charge in [-0.15, -0.1) is 0 Å². The number of para-hydroxylation sites is 1. The molecule has 0 spiro atoms. The normalized spacial score (nSPS) is 31.5. The molecule has 0 saturated heterocycles. The van der Waals surface area contributed by atoms with Crippen molar-refractivity contribution in [3.8, 4) is 0 Å². The van der Waals surface area contributed by atoms with Crippen molar-refractivity contribution in [2.24, 2.45) is 17.3 Å². The van der Waals surface area contributed by atoms with Crippen LogP contribution in [0.3, 0.4) is 0 Å². The average molecular weight is 454 g/mol. The van der Waals surface area contributed by atoms with Crippen LogP contribution in [0.2, 0.25) is 0 Å². The van der Waals surface area contributed by atoms with Gasteiger partial charge < -0.3 is 20.7 Å². The summed E-state index contributed by atoms with van der Waals surface area (Å²) in [7, 11) is 0. The maximum absolute atomic E-state index is 13.2. The SMILES string of the molecule is CC(=O)NC12C[C@H]3C[C@@H](C1)CC(C(=O)OCC(=O)Nc1ccccc1C(=O)NC1CC1)(C3)C2. The Balaban J connectivity index is 1.22. The van der Waals surface area contributed by atoms with Gasteiger partial charge in [0.15, 0.2) is 6.61 Å². The van der Waals surface area contributed by atoms with Crippen molar-refractivity contribution in [1.29, 1.82) is 0 Å². The number of benzene rings is 1. The fraction of sp³-hybridized carbons (Fsp3) is 0.600. The molecule has 1 aromatic carbocycles. The Labute approximate surface area is 193 Å². The van der Waals surface area contributed by atoms with Crippen molar-refractivity contribution in [3.05, 3.63) is 29.8 Å². The third-order valence-corrected chi connectivity index (χ3v) is 7.63. The molecule has 8 heteroatoms. The van der Waals surface area contributed by atoms with E-state index in [1.807, 2.05) is 0 Å². The van der Waals surface area contributed by atoms with Crippen LogP contribution < -0.4 is 16.0 Å². The molecule has 0 aliphatic heterocycles. The number of carbonyl (C=O) groups excluding carboxylic acids is 4. The molecule has 176 valence electrons. The monoisotopic (exact) mass is 453 g/mol. The lowest BCUT2D eigenvalue weighted by Crippen LogP contribution is -2.64. The van der Waals surface area contributed by atoms with E-state index in [1.54, 1.807) is 24.3 Å². The Morgan fingerprint density at radius 1 is 1.03 bits per heavy atom. The topological polar surface area (TPSA) is 114 Å². The molecule has 4 bridgehead atoms. The minimum Gasteiger partial charge on any atom is -0.455 e. The minimum absolute atomic E-state index is 0.0655. The van der Waals surface area contributed by atoms with Crippen molar-refractivity contribution in [1.82, 2.24) is 10.6 Å². The number of esters is 1. The van der Waals surface area contributed by atoms with Gasteiger partial charge in [0.1, 0.15) is 0 Å². The van der Waals surface area contributed by atoms with Crippen molar-refractivity contribution < 1.29 is 23.9 Å². The van der Waals surface area contributed by atoms with Gasteiger partial charge in [0.25, 0.3) is 11.8 Å². The molecule has 5 aliphatic carbocycles. The van der Waals surface area contributed by atoms with Crippen LogP contribution in [0.5, 0.6) is 0 Å². The summed E-state index contributed by atoms with van der Waals surface area (Å²) in [4.78, 5) is 50.1. The van der Waals surface area contributed by atoms with E-state index in [0.29, 0.717) is 29.5 Å². The molecule has 6 rings (SSSR count). The van der Waals surface area contributed by atoms with Crippen molar-refractivity contribution in [3.63, 3.8) is 0 Å². The second-order valence-electron chi connectivity index (χ2n) is 10.6. The number of amides is 3. The smallest absolute Gasteiger partial charge is 0.312 e. The predicted molar refractivity (Wildman–Crippen MR) is 120 cm³/mol. The van der Waals surface area contributed by atoms with Gasteiger partial charge in [0, 0.05) is 18.5 Å². The zero-order valence-corrected chi connectivity index (χ0v) is 18.9. The molecule has 1 aromatic rings. The molecule has 5 fully saturated rings. The van der Waals surface area contributed by atoms with E-state index >= 15 is 0 Å². The lowest BCUT2D eigenvalue weighted by Gasteiger charge is -2.60. The number of nitrogens with one attached hydrogen (secondary N) is 3. The van der Waals surface area contributed by atoms with Crippen LogP contribution in [-0.4, -0.2) is 41.9 Å². The second-order valence-corrected chi connectivity index (χ2v) is 10.6. The van der Waals surface area contributed by atoms with Gasteiger partial charge in [-0.2, -0.15) is 0 Å². The third kappa shape index (κ3) is 4.48. The van der Waals surface area contributed by atoms with Crippen LogP contribution in [0.1, 0.15) is 68.6 Å². The Kier molecular flexibility index (Phi) is 5.41. The third-order valence-electron chi connectivity index (χ3n) is 7.63. The van der Waals surface area contributed by atoms with E-state index < -0.39 is 17.9 Å². The quantitative estimate of drug-likeness (QED) is 0.549. The van der Waals surface area contributed by atoms with Crippen molar-refractivity contribution >= 4 is 29.4 Å². The summed E-state index contributed by atoms with van der Waals surface area (Å²) in [6.07, 6.45) is 6.97. The number of anilines is 1. The number of hydrogen-bond acceptors (Lipinski definition) is 5. The lowest BCUT2D eigenvalue weighted by atomic mass is 9.47. The molecule has 0 aromatic heterocycles. The van der Waals surface area contributed by atoms with E-state index in [4.69, 9.17) is 4.74 Å². The Bertz CT molecular complexity index is 988.